The predicted molar refractivity (Wildman–Crippen MR) is 112 cm³/mol. The lowest BCUT2D eigenvalue weighted by molar-refractivity contribution is 0.371. The van der Waals surface area contributed by atoms with E-state index in [0.717, 1.165) is 44.5 Å². The van der Waals surface area contributed by atoms with Crippen molar-refractivity contribution in [1.82, 2.24) is 15.2 Å². The highest BCUT2D eigenvalue weighted by molar-refractivity contribution is 14.0. The lowest BCUT2D eigenvalue weighted by atomic mass is 10.3. The van der Waals surface area contributed by atoms with E-state index in [4.69, 9.17) is 0 Å². The number of nitrogens with zero attached hydrogens (tertiary/aromatic N) is 4. The van der Waals surface area contributed by atoms with E-state index in [1.807, 2.05) is 37.1 Å². The molecule has 0 aliphatic carbocycles. The summed E-state index contributed by atoms with van der Waals surface area (Å²) in [5, 5.41) is 3.49. The fourth-order valence-corrected chi connectivity index (χ4v) is 3.08. The Morgan fingerprint density at radius 1 is 1.26 bits per heavy atom. The number of piperazine rings is 1. The maximum absolute atomic E-state index is 4.43. The van der Waals surface area contributed by atoms with E-state index in [9.17, 15) is 0 Å². The summed E-state index contributed by atoms with van der Waals surface area (Å²) in [5.74, 6) is 3.34. The molecule has 2 rings (SSSR count). The standard InChI is InChI=1S/C16H27N5S.HI/c1-17-16(19-9-5-6-14-22-2)21-12-10-20(11-13-21)15-7-3-4-8-18-15;/h3-4,7-8H,5-6,9-14H2,1-2H3,(H,17,19);1H. The number of thioether (sulfide) groups is 1. The number of pyridine rings is 1. The van der Waals surface area contributed by atoms with Crippen LogP contribution >= 0.6 is 35.7 Å². The maximum atomic E-state index is 4.43. The van der Waals surface area contributed by atoms with Gasteiger partial charge in [0.15, 0.2) is 5.96 Å². The van der Waals surface area contributed by atoms with Crippen molar-refractivity contribution in [3.8, 4) is 0 Å². The molecule has 23 heavy (non-hydrogen) atoms. The van der Waals surface area contributed by atoms with Crippen LogP contribution in [-0.4, -0.2) is 67.6 Å². The van der Waals surface area contributed by atoms with Crippen molar-refractivity contribution in [2.45, 2.75) is 12.8 Å². The molecule has 1 aromatic rings. The van der Waals surface area contributed by atoms with Gasteiger partial charge in [-0.3, -0.25) is 4.99 Å². The Morgan fingerprint density at radius 3 is 2.65 bits per heavy atom. The maximum Gasteiger partial charge on any atom is 0.193 e. The van der Waals surface area contributed by atoms with Crippen LogP contribution in [0.15, 0.2) is 29.4 Å². The molecule has 0 saturated carbocycles. The summed E-state index contributed by atoms with van der Waals surface area (Å²) in [6, 6.07) is 6.08. The first kappa shape index (κ1) is 20.3. The molecule has 0 spiro atoms. The molecule has 1 saturated heterocycles. The Kier molecular flexibility index (Phi) is 10.4. The first-order valence-electron chi connectivity index (χ1n) is 7.95. The largest absolute Gasteiger partial charge is 0.356 e. The lowest BCUT2D eigenvalue weighted by Gasteiger charge is -2.37. The van der Waals surface area contributed by atoms with Crippen LogP contribution in [0.5, 0.6) is 0 Å². The minimum atomic E-state index is 0. The van der Waals surface area contributed by atoms with Crippen LogP contribution in [0, 0.1) is 0 Å². The summed E-state index contributed by atoms with van der Waals surface area (Å²) >= 11 is 1.91. The smallest absolute Gasteiger partial charge is 0.193 e. The van der Waals surface area contributed by atoms with Gasteiger partial charge in [0.2, 0.25) is 0 Å². The number of nitrogens with one attached hydrogen (secondary N) is 1. The third-order valence-corrected chi connectivity index (χ3v) is 4.52. The summed E-state index contributed by atoms with van der Waals surface area (Å²) in [6.45, 7) is 4.96. The van der Waals surface area contributed by atoms with E-state index in [2.05, 4.69) is 37.4 Å². The number of halogens is 1. The van der Waals surface area contributed by atoms with Gasteiger partial charge < -0.3 is 15.1 Å². The Bertz CT molecular complexity index is 449. The van der Waals surface area contributed by atoms with Crippen LogP contribution in [0.3, 0.4) is 0 Å². The van der Waals surface area contributed by atoms with E-state index < -0.39 is 0 Å². The van der Waals surface area contributed by atoms with Crippen LogP contribution in [0.1, 0.15) is 12.8 Å². The van der Waals surface area contributed by atoms with E-state index in [1.165, 1.54) is 18.6 Å². The van der Waals surface area contributed by atoms with Gasteiger partial charge in [0.25, 0.3) is 0 Å². The summed E-state index contributed by atoms with van der Waals surface area (Å²) < 4.78 is 0. The van der Waals surface area contributed by atoms with Crippen molar-refractivity contribution in [2.75, 3.05) is 56.7 Å². The Hall–Kier alpha value is -0.700. The second-order valence-corrected chi connectivity index (χ2v) is 6.32. The average molecular weight is 449 g/mol. The van der Waals surface area contributed by atoms with Crippen molar-refractivity contribution < 1.29 is 0 Å². The molecular weight excluding hydrogens is 421 g/mol. The molecule has 0 unspecified atom stereocenters. The first-order valence-corrected chi connectivity index (χ1v) is 9.35. The van der Waals surface area contributed by atoms with Gasteiger partial charge in [-0.2, -0.15) is 11.8 Å². The zero-order valence-corrected chi connectivity index (χ0v) is 17.2. The third-order valence-electron chi connectivity index (χ3n) is 3.82. The molecule has 1 fully saturated rings. The van der Waals surface area contributed by atoms with Crippen LogP contribution in [0.2, 0.25) is 0 Å². The lowest BCUT2D eigenvalue weighted by Crippen LogP contribution is -2.52. The molecule has 1 N–H and O–H groups in total. The molecule has 130 valence electrons. The molecule has 2 heterocycles. The number of hydrogen-bond donors (Lipinski definition) is 1. The Morgan fingerprint density at radius 2 is 2.04 bits per heavy atom. The molecule has 1 aliphatic heterocycles. The number of aromatic nitrogens is 1. The number of hydrogen-bond acceptors (Lipinski definition) is 4. The number of anilines is 1. The molecule has 1 aromatic heterocycles. The van der Waals surface area contributed by atoms with Crippen molar-refractivity contribution in [1.29, 1.82) is 0 Å². The molecule has 0 radical (unpaired) electrons. The average Bonchev–Trinajstić information content (AvgIpc) is 2.59. The molecule has 1 aliphatic rings. The van der Waals surface area contributed by atoms with Gasteiger partial charge in [0.1, 0.15) is 5.82 Å². The third kappa shape index (κ3) is 6.74. The van der Waals surface area contributed by atoms with Gasteiger partial charge in [-0.25, -0.2) is 4.98 Å². The molecule has 5 nitrogen and oxygen atoms in total. The zero-order valence-electron chi connectivity index (χ0n) is 14.1. The summed E-state index contributed by atoms with van der Waals surface area (Å²) in [6.07, 6.45) is 6.48. The van der Waals surface area contributed by atoms with Gasteiger partial charge in [-0.15, -0.1) is 24.0 Å². The quantitative estimate of drug-likeness (QED) is 0.313. The predicted octanol–water partition coefficient (Wildman–Crippen LogP) is 2.54. The van der Waals surface area contributed by atoms with Gasteiger partial charge >= 0.3 is 0 Å². The number of rotatable bonds is 6. The first-order chi connectivity index (χ1) is 10.8. The van der Waals surface area contributed by atoms with E-state index in [0.29, 0.717) is 0 Å². The second kappa shape index (κ2) is 11.8. The zero-order chi connectivity index (χ0) is 15.6. The molecule has 7 heteroatoms. The summed E-state index contributed by atoms with van der Waals surface area (Å²) in [7, 11) is 1.87. The van der Waals surface area contributed by atoms with Crippen molar-refractivity contribution >= 4 is 47.5 Å². The van der Waals surface area contributed by atoms with Crippen LogP contribution in [0.25, 0.3) is 0 Å². The Balaban J connectivity index is 0.00000264. The summed E-state index contributed by atoms with van der Waals surface area (Å²) in [5.41, 5.74) is 0. The van der Waals surface area contributed by atoms with Crippen molar-refractivity contribution in [2.24, 2.45) is 4.99 Å². The monoisotopic (exact) mass is 449 g/mol. The Labute approximate surface area is 161 Å². The number of guanidine groups is 1. The minimum absolute atomic E-state index is 0. The number of unbranched alkanes of at least 4 members (excludes halogenated alkanes) is 1. The summed E-state index contributed by atoms with van der Waals surface area (Å²) in [4.78, 5) is 13.5. The van der Waals surface area contributed by atoms with E-state index in [1.54, 1.807) is 0 Å². The van der Waals surface area contributed by atoms with Crippen molar-refractivity contribution in [3.05, 3.63) is 24.4 Å². The molecule has 0 amide bonds. The van der Waals surface area contributed by atoms with Gasteiger partial charge in [-0.05, 0) is 37.0 Å². The van der Waals surface area contributed by atoms with Crippen LogP contribution < -0.4 is 10.2 Å². The molecule has 0 atom stereocenters. The van der Waals surface area contributed by atoms with Gasteiger partial charge in [-0.1, -0.05) is 6.07 Å². The molecule has 0 bridgehead atoms. The highest BCUT2D eigenvalue weighted by Gasteiger charge is 2.19. The SMILES string of the molecule is CN=C(NCCCCSC)N1CCN(c2ccccn2)CC1.I. The molecular formula is C16H28IN5S. The molecule has 0 aromatic carbocycles. The van der Waals surface area contributed by atoms with Crippen LogP contribution in [-0.2, 0) is 0 Å². The van der Waals surface area contributed by atoms with Gasteiger partial charge in [0.05, 0.1) is 0 Å². The fraction of sp³-hybridized carbons (Fsp3) is 0.625. The van der Waals surface area contributed by atoms with Crippen LogP contribution in [0.4, 0.5) is 5.82 Å². The minimum Gasteiger partial charge on any atom is -0.356 e. The van der Waals surface area contributed by atoms with E-state index in [-0.39, 0.29) is 24.0 Å². The highest BCUT2D eigenvalue weighted by atomic mass is 127. The topological polar surface area (TPSA) is 43.8 Å². The normalized spacial score (nSPS) is 15.3. The second-order valence-electron chi connectivity index (χ2n) is 5.34. The van der Waals surface area contributed by atoms with Gasteiger partial charge in [0, 0.05) is 46.0 Å². The fourth-order valence-electron chi connectivity index (χ4n) is 2.59. The van der Waals surface area contributed by atoms with E-state index >= 15 is 0 Å². The number of aliphatic imine (C=N–C) groups is 1. The van der Waals surface area contributed by atoms with Crippen molar-refractivity contribution in [3.63, 3.8) is 0 Å². The highest BCUT2D eigenvalue weighted by Crippen LogP contribution is 2.12.